The van der Waals surface area contributed by atoms with Gasteiger partial charge in [-0.2, -0.15) is 5.26 Å². The first-order valence-electron chi connectivity index (χ1n) is 7.42. The van der Waals surface area contributed by atoms with Gasteiger partial charge in [-0.15, -0.1) is 11.6 Å². The first-order valence-corrected chi connectivity index (χ1v) is 7.95. The molecule has 0 bridgehead atoms. The lowest BCUT2D eigenvalue weighted by atomic mass is 9.91. The molecule has 4 heteroatoms. The molecule has 0 amide bonds. The molecule has 0 aliphatic carbocycles. The standard InChI is InChI=1S/C19H18ClNO2/c1-23-17-10-8-15(9-11-17)18(13-21)14-4-6-16(7-5-14)19(22)3-2-12-20/h4-11,18H,2-3,12H2,1H3. The maximum Gasteiger partial charge on any atom is 0.162 e. The van der Waals surface area contributed by atoms with Crippen molar-refractivity contribution in [3.05, 3.63) is 65.2 Å². The topological polar surface area (TPSA) is 50.1 Å². The maximum atomic E-state index is 12.0. The zero-order valence-electron chi connectivity index (χ0n) is 13.0. The van der Waals surface area contributed by atoms with Crippen LogP contribution in [0, 0.1) is 11.3 Å². The number of Topliss-reactive ketones (excluding diaryl/α,β-unsaturated/α-hetero) is 1. The Morgan fingerprint density at radius 2 is 1.70 bits per heavy atom. The number of nitrogens with zero attached hydrogens (tertiary/aromatic N) is 1. The van der Waals surface area contributed by atoms with Crippen LogP contribution in [0.5, 0.6) is 5.75 Å². The quantitative estimate of drug-likeness (QED) is 0.553. The van der Waals surface area contributed by atoms with Crippen molar-refractivity contribution < 1.29 is 9.53 Å². The molecule has 3 nitrogen and oxygen atoms in total. The van der Waals surface area contributed by atoms with Crippen LogP contribution in [0.4, 0.5) is 0 Å². The molecule has 0 aliphatic rings. The highest BCUT2D eigenvalue weighted by Gasteiger charge is 2.14. The Morgan fingerprint density at radius 1 is 1.13 bits per heavy atom. The van der Waals surface area contributed by atoms with Gasteiger partial charge in [0, 0.05) is 17.9 Å². The Kier molecular flexibility index (Phi) is 6.19. The smallest absolute Gasteiger partial charge is 0.162 e. The van der Waals surface area contributed by atoms with E-state index in [0.717, 1.165) is 16.9 Å². The number of benzene rings is 2. The van der Waals surface area contributed by atoms with Crippen molar-refractivity contribution >= 4 is 17.4 Å². The van der Waals surface area contributed by atoms with Gasteiger partial charge in [0.25, 0.3) is 0 Å². The third-order valence-electron chi connectivity index (χ3n) is 3.68. The number of ether oxygens (including phenoxy) is 1. The molecule has 23 heavy (non-hydrogen) atoms. The first-order chi connectivity index (χ1) is 11.2. The van der Waals surface area contributed by atoms with E-state index in [1.54, 1.807) is 19.2 Å². The molecule has 0 aromatic heterocycles. The normalized spacial score (nSPS) is 11.5. The molecular formula is C19H18ClNO2. The number of carbonyl (C=O) groups is 1. The molecule has 0 saturated heterocycles. The van der Waals surface area contributed by atoms with Crippen molar-refractivity contribution in [1.82, 2.24) is 0 Å². The molecule has 2 rings (SSSR count). The first kappa shape index (κ1) is 17.1. The summed E-state index contributed by atoms with van der Waals surface area (Å²) in [5.74, 6) is 0.950. The van der Waals surface area contributed by atoms with Crippen LogP contribution in [0.1, 0.15) is 40.2 Å². The molecule has 1 atom stereocenters. The second-order valence-electron chi connectivity index (χ2n) is 5.17. The third kappa shape index (κ3) is 4.34. The van der Waals surface area contributed by atoms with E-state index in [-0.39, 0.29) is 11.7 Å². The summed E-state index contributed by atoms with van der Waals surface area (Å²) in [4.78, 5) is 12.0. The number of alkyl halides is 1. The molecule has 0 saturated carbocycles. The van der Waals surface area contributed by atoms with E-state index >= 15 is 0 Å². The van der Waals surface area contributed by atoms with E-state index in [4.69, 9.17) is 16.3 Å². The van der Waals surface area contributed by atoms with Gasteiger partial charge in [0.15, 0.2) is 5.78 Å². The lowest BCUT2D eigenvalue weighted by molar-refractivity contribution is 0.0982. The fourth-order valence-electron chi connectivity index (χ4n) is 2.37. The highest BCUT2D eigenvalue weighted by atomic mass is 35.5. The summed E-state index contributed by atoms with van der Waals surface area (Å²) in [7, 11) is 1.61. The van der Waals surface area contributed by atoms with E-state index in [0.29, 0.717) is 24.3 Å². The molecule has 0 radical (unpaired) electrons. The summed E-state index contributed by atoms with van der Waals surface area (Å²) < 4.78 is 5.13. The predicted molar refractivity (Wildman–Crippen MR) is 91.2 cm³/mol. The van der Waals surface area contributed by atoms with Crippen molar-refractivity contribution in [2.45, 2.75) is 18.8 Å². The molecule has 2 aromatic rings. The number of carbonyl (C=O) groups excluding carboxylic acids is 1. The van der Waals surface area contributed by atoms with Gasteiger partial charge in [0.05, 0.1) is 19.1 Å². The molecule has 2 aromatic carbocycles. The summed E-state index contributed by atoms with van der Waals surface area (Å²) in [6.07, 6.45) is 1.12. The van der Waals surface area contributed by atoms with Gasteiger partial charge in [-0.05, 0) is 29.7 Å². The van der Waals surface area contributed by atoms with Crippen LogP contribution in [0.3, 0.4) is 0 Å². The second kappa shape index (κ2) is 8.36. The predicted octanol–water partition coefficient (Wildman–Crippen LogP) is 4.55. The summed E-state index contributed by atoms with van der Waals surface area (Å²) >= 11 is 5.61. The number of nitriles is 1. The van der Waals surface area contributed by atoms with Gasteiger partial charge in [0.2, 0.25) is 0 Å². The van der Waals surface area contributed by atoms with Crippen molar-refractivity contribution in [2.24, 2.45) is 0 Å². The number of hydrogen-bond acceptors (Lipinski definition) is 3. The van der Waals surface area contributed by atoms with Gasteiger partial charge in [-0.25, -0.2) is 0 Å². The zero-order valence-corrected chi connectivity index (χ0v) is 13.7. The number of hydrogen-bond donors (Lipinski definition) is 0. The van der Waals surface area contributed by atoms with Crippen LogP contribution in [-0.4, -0.2) is 18.8 Å². The summed E-state index contributed by atoms with van der Waals surface area (Å²) in [6, 6.07) is 17.0. The fourth-order valence-corrected chi connectivity index (χ4v) is 2.50. The zero-order chi connectivity index (χ0) is 16.7. The van der Waals surface area contributed by atoms with Crippen molar-refractivity contribution in [3.63, 3.8) is 0 Å². The molecule has 0 aliphatic heterocycles. The summed E-state index contributed by atoms with van der Waals surface area (Å²) in [5, 5.41) is 9.49. The van der Waals surface area contributed by atoms with E-state index in [9.17, 15) is 10.1 Å². The largest absolute Gasteiger partial charge is 0.497 e. The average Bonchev–Trinajstić information content (AvgIpc) is 2.61. The van der Waals surface area contributed by atoms with Crippen molar-refractivity contribution in [1.29, 1.82) is 5.26 Å². The molecule has 0 spiro atoms. The van der Waals surface area contributed by atoms with Crippen LogP contribution in [-0.2, 0) is 0 Å². The monoisotopic (exact) mass is 327 g/mol. The number of rotatable bonds is 7. The Balaban J connectivity index is 2.18. The van der Waals surface area contributed by atoms with Crippen LogP contribution >= 0.6 is 11.6 Å². The van der Waals surface area contributed by atoms with E-state index in [1.807, 2.05) is 36.4 Å². The Labute approximate surface area is 141 Å². The number of methoxy groups -OCH3 is 1. The van der Waals surface area contributed by atoms with E-state index < -0.39 is 0 Å². The van der Waals surface area contributed by atoms with Crippen LogP contribution < -0.4 is 4.74 Å². The molecular weight excluding hydrogens is 310 g/mol. The third-order valence-corrected chi connectivity index (χ3v) is 3.95. The Bertz CT molecular complexity index is 687. The minimum atomic E-state index is -0.368. The van der Waals surface area contributed by atoms with Gasteiger partial charge in [-0.3, -0.25) is 4.79 Å². The van der Waals surface area contributed by atoms with Gasteiger partial charge in [0.1, 0.15) is 5.75 Å². The molecule has 0 heterocycles. The Morgan fingerprint density at radius 3 is 2.17 bits per heavy atom. The highest BCUT2D eigenvalue weighted by molar-refractivity contribution is 6.18. The SMILES string of the molecule is COc1ccc(C(C#N)c2ccc(C(=O)CCCCl)cc2)cc1. The lowest BCUT2D eigenvalue weighted by Gasteiger charge is -2.11. The molecule has 0 N–H and O–H groups in total. The van der Waals surface area contributed by atoms with Crippen LogP contribution in [0.2, 0.25) is 0 Å². The lowest BCUT2D eigenvalue weighted by Crippen LogP contribution is -2.02. The van der Waals surface area contributed by atoms with Crippen molar-refractivity contribution in [2.75, 3.05) is 13.0 Å². The van der Waals surface area contributed by atoms with E-state index in [1.165, 1.54) is 0 Å². The number of halogens is 1. The molecule has 0 fully saturated rings. The maximum absolute atomic E-state index is 12.0. The van der Waals surface area contributed by atoms with Gasteiger partial charge in [-0.1, -0.05) is 36.4 Å². The second-order valence-corrected chi connectivity index (χ2v) is 5.55. The average molecular weight is 328 g/mol. The van der Waals surface area contributed by atoms with Crippen molar-refractivity contribution in [3.8, 4) is 11.8 Å². The van der Waals surface area contributed by atoms with E-state index in [2.05, 4.69) is 6.07 Å². The van der Waals surface area contributed by atoms with Crippen LogP contribution in [0.25, 0.3) is 0 Å². The summed E-state index contributed by atoms with van der Waals surface area (Å²) in [5.41, 5.74) is 2.42. The number of ketones is 1. The minimum absolute atomic E-state index is 0.0788. The molecule has 118 valence electrons. The highest BCUT2D eigenvalue weighted by Crippen LogP contribution is 2.26. The van der Waals surface area contributed by atoms with Gasteiger partial charge >= 0.3 is 0 Å². The minimum Gasteiger partial charge on any atom is -0.497 e. The van der Waals surface area contributed by atoms with Crippen LogP contribution in [0.15, 0.2) is 48.5 Å². The Hall–Kier alpha value is -2.31. The summed E-state index contributed by atoms with van der Waals surface area (Å²) in [6.45, 7) is 0. The fraction of sp³-hybridized carbons (Fsp3) is 0.263. The molecule has 1 unspecified atom stereocenters. The van der Waals surface area contributed by atoms with Gasteiger partial charge < -0.3 is 4.74 Å².